The molecule has 0 bridgehead atoms. The van der Waals surface area contributed by atoms with Crippen molar-refractivity contribution >= 4 is 33.2 Å². The molecule has 2 amide bonds. The van der Waals surface area contributed by atoms with Crippen LogP contribution in [0.25, 0.3) is 10.1 Å². The third-order valence-electron chi connectivity index (χ3n) is 5.92. The second-order valence-electron chi connectivity index (χ2n) is 8.47. The summed E-state index contributed by atoms with van der Waals surface area (Å²) >= 11 is 1.91. The van der Waals surface area contributed by atoms with Gasteiger partial charge in [0, 0.05) is 35.8 Å². The molecule has 2 fully saturated rings. The Labute approximate surface area is 170 Å². The van der Waals surface area contributed by atoms with Crippen LogP contribution in [0.15, 0.2) is 24.3 Å². The SMILES string of the molecule is CCCCc1sc2ccccc2c1CN1CCN2C(=O)C(C)(C)NC(=O)C2C1. The molecule has 1 N–H and O–H groups in total. The van der Waals surface area contributed by atoms with E-state index in [1.165, 1.54) is 33.4 Å². The highest BCUT2D eigenvalue weighted by Gasteiger charge is 2.47. The number of rotatable bonds is 5. The van der Waals surface area contributed by atoms with Crippen LogP contribution >= 0.6 is 11.3 Å². The van der Waals surface area contributed by atoms with Crippen LogP contribution in [0.5, 0.6) is 0 Å². The first-order valence-corrected chi connectivity index (χ1v) is 11.1. The third kappa shape index (κ3) is 3.44. The molecule has 0 spiro atoms. The number of nitrogens with one attached hydrogen (secondary N) is 1. The zero-order chi connectivity index (χ0) is 19.9. The van der Waals surface area contributed by atoms with Crippen LogP contribution in [-0.4, -0.2) is 52.8 Å². The molecule has 3 heterocycles. The summed E-state index contributed by atoms with van der Waals surface area (Å²) in [5.41, 5.74) is 0.609. The third-order valence-corrected chi connectivity index (χ3v) is 7.19. The maximum absolute atomic E-state index is 12.7. The van der Waals surface area contributed by atoms with Gasteiger partial charge in [-0.15, -0.1) is 11.3 Å². The number of carbonyl (C=O) groups is 2. The number of fused-ring (bicyclic) bond motifs is 2. The van der Waals surface area contributed by atoms with Gasteiger partial charge in [0.1, 0.15) is 11.6 Å². The molecular weight excluding hydrogens is 370 g/mol. The van der Waals surface area contributed by atoms with E-state index in [0.717, 1.165) is 19.5 Å². The molecule has 0 aliphatic carbocycles. The number of carbonyl (C=O) groups excluding carboxylic acids is 2. The van der Waals surface area contributed by atoms with Gasteiger partial charge < -0.3 is 10.2 Å². The van der Waals surface area contributed by atoms with E-state index in [1.54, 1.807) is 18.7 Å². The molecule has 150 valence electrons. The summed E-state index contributed by atoms with van der Waals surface area (Å²) in [5, 5.41) is 4.24. The quantitative estimate of drug-likeness (QED) is 0.840. The predicted octanol–water partition coefficient (Wildman–Crippen LogP) is 3.17. The number of piperazine rings is 2. The Morgan fingerprint density at radius 3 is 2.79 bits per heavy atom. The highest BCUT2D eigenvalue weighted by molar-refractivity contribution is 7.19. The number of nitrogens with zero attached hydrogens (tertiary/aromatic N) is 2. The van der Waals surface area contributed by atoms with Crippen LogP contribution in [0.1, 0.15) is 44.1 Å². The van der Waals surface area contributed by atoms with Crippen molar-refractivity contribution < 1.29 is 9.59 Å². The van der Waals surface area contributed by atoms with Crippen molar-refractivity contribution in [3.63, 3.8) is 0 Å². The lowest BCUT2D eigenvalue weighted by molar-refractivity contribution is -0.157. The van der Waals surface area contributed by atoms with Gasteiger partial charge >= 0.3 is 0 Å². The van der Waals surface area contributed by atoms with Crippen molar-refractivity contribution in [1.82, 2.24) is 15.1 Å². The molecule has 2 aromatic rings. The van der Waals surface area contributed by atoms with E-state index in [0.29, 0.717) is 13.1 Å². The van der Waals surface area contributed by atoms with Gasteiger partial charge in [0.15, 0.2) is 0 Å². The second kappa shape index (κ2) is 7.48. The summed E-state index contributed by atoms with van der Waals surface area (Å²) in [6.45, 7) is 8.67. The molecule has 1 aromatic carbocycles. The van der Waals surface area contributed by atoms with E-state index in [-0.39, 0.29) is 17.9 Å². The Balaban J connectivity index is 1.56. The smallest absolute Gasteiger partial charge is 0.248 e. The van der Waals surface area contributed by atoms with Gasteiger partial charge in [-0.05, 0) is 43.7 Å². The summed E-state index contributed by atoms with van der Waals surface area (Å²) in [6, 6.07) is 8.25. The molecule has 4 rings (SSSR count). The Bertz CT molecular complexity index is 904. The van der Waals surface area contributed by atoms with Gasteiger partial charge in [0.25, 0.3) is 0 Å². The minimum Gasteiger partial charge on any atom is -0.340 e. The molecular formula is C22H29N3O2S. The molecule has 0 saturated carbocycles. The van der Waals surface area contributed by atoms with Gasteiger partial charge in [0.2, 0.25) is 11.8 Å². The van der Waals surface area contributed by atoms with Crippen LogP contribution < -0.4 is 5.32 Å². The highest BCUT2D eigenvalue weighted by atomic mass is 32.1. The minimum absolute atomic E-state index is 0.0290. The van der Waals surface area contributed by atoms with Crippen LogP contribution in [0.4, 0.5) is 0 Å². The average Bonchev–Trinajstić information content (AvgIpc) is 3.02. The maximum Gasteiger partial charge on any atom is 0.248 e. The molecule has 6 heteroatoms. The van der Waals surface area contributed by atoms with E-state index < -0.39 is 5.54 Å². The first-order valence-electron chi connectivity index (χ1n) is 10.3. The topological polar surface area (TPSA) is 52.6 Å². The second-order valence-corrected chi connectivity index (χ2v) is 9.60. The number of thiophene rings is 1. The van der Waals surface area contributed by atoms with Gasteiger partial charge in [-0.2, -0.15) is 0 Å². The Morgan fingerprint density at radius 1 is 1.21 bits per heavy atom. The summed E-state index contributed by atoms with van der Waals surface area (Å²) in [5.74, 6) is -0.00273. The van der Waals surface area contributed by atoms with Crippen LogP contribution in [-0.2, 0) is 22.6 Å². The standard InChI is InChI=1S/C22H29N3O2S/c1-4-5-9-19-16(15-8-6-7-10-18(15)28-19)13-24-11-12-25-17(14-24)20(26)23-22(2,3)21(25)27/h6-8,10,17H,4-5,9,11-14H2,1-3H3,(H,23,26). The van der Waals surface area contributed by atoms with Crippen molar-refractivity contribution in [1.29, 1.82) is 0 Å². The van der Waals surface area contributed by atoms with E-state index >= 15 is 0 Å². The molecule has 1 atom stereocenters. The molecule has 1 unspecified atom stereocenters. The van der Waals surface area contributed by atoms with Gasteiger partial charge in [-0.25, -0.2) is 0 Å². The first-order chi connectivity index (χ1) is 13.4. The lowest BCUT2D eigenvalue weighted by Crippen LogP contribution is -2.72. The fourth-order valence-corrected chi connectivity index (χ4v) is 5.60. The monoisotopic (exact) mass is 399 g/mol. The van der Waals surface area contributed by atoms with Gasteiger partial charge in [0.05, 0.1) is 0 Å². The summed E-state index contributed by atoms with van der Waals surface area (Å²) in [4.78, 5) is 30.9. The number of amides is 2. The van der Waals surface area contributed by atoms with Crippen molar-refractivity contribution in [3.8, 4) is 0 Å². The fraction of sp³-hybridized carbons (Fsp3) is 0.545. The van der Waals surface area contributed by atoms with Crippen LogP contribution in [0.2, 0.25) is 0 Å². The molecule has 2 aliphatic rings. The number of benzene rings is 1. The number of hydrogen-bond acceptors (Lipinski definition) is 4. The minimum atomic E-state index is -0.799. The van der Waals surface area contributed by atoms with Crippen molar-refractivity contribution in [2.24, 2.45) is 0 Å². The Kier molecular flexibility index (Phi) is 5.19. The lowest BCUT2D eigenvalue weighted by Gasteiger charge is -2.47. The van der Waals surface area contributed by atoms with E-state index in [4.69, 9.17) is 0 Å². The Morgan fingerprint density at radius 2 is 2.00 bits per heavy atom. The zero-order valence-electron chi connectivity index (χ0n) is 17.0. The molecule has 28 heavy (non-hydrogen) atoms. The normalized spacial score (nSPS) is 22.4. The summed E-state index contributed by atoms with van der Waals surface area (Å²) < 4.78 is 1.34. The lowest BCUT2D eigenvalue weighted by atomic mass is 9.95. The number of hydrogen-bond donors (Lipinski definition) is 1. The fourth-order valence-electron chi connectivity index (χ4n) is 4.34. The molecule has 1 aromatic heterocycles. The number of unbranched alkanes of at least 4 members (excludes halogenated alkanes) is 1. The van der Waals surface area contributed by atoms with E-state index in [9.17, 15) is 9.59 Å². The van der Waals surface area contributed by atoms with Gasteiger partial charge in [-0.1, -0.05) is 31.5 Å². The van der Waals surface area contributed by atoms with Crippen molar-refractivity contribution in [2.45, 2.75) is 58.2 Å². The zero-order valence-corrected chi connectivity index (χ0v) is 17.8. The Hall–Kier alpha value is -1.92. The summed E-state index contributed by atoms with van der Waals surface area (Å²) in [7, 11) is 0. The van der Waals surface area contributed by atoms with Gasteiger partial charge in [-0.3, -0.25) is 14.5 Å². The van der Waals surface area contributed by atoms with Crippen molar-refractivity contribution in [2.75, 3.05) is 19.6 Å². The maximum atomic E-state index is 12.7. The largest absolute Gasteiger partial charge is 0.340 e. The van der Waals surface area contributed by atoms with Crippen molar-refractivity contribution in [3.05, 3.63) is 34.7 Å². The van der Waals surface area contributed by atoms with Crippen LogP contribution in [0, 0.1) is 0 Å². The highest BCUT2D eigenvalue weighted by Crippen LogP contribution is 2.34. The average molecular weight is 400 g/mol. The molecule has 2 saturated heterocycles. The van der Waals surface area contributed by atoms with E-state index in [2.05, 4.69) is 41.4 Å². The summed E-state index contributed by atoms with van der Waals surface area (Å²) in [6.07, 6.45) is 3.50. The molecule has 0 radical (unpaired) electrons. The number of aryl methyl sites for hydroxylation is 1. The first kappa shape index (κ1) is 19.4. The molecule has 5 nitrogen and oxygen atoms in total. The molecule has 2 aliphatic heterocycles. The van der Waals surface area contributed by atoms with E-state index in [1.807, 2.05) is 11.3 Å². The van der Waals surface area contributed by atoms with Crippen LogP contribution in [0.3, 0.4) is 0 Å². The predicted molar refractivity (Wildman–Crippen MR) is 113 cm³/mol.